The third-order valence-corrected chi connectivity index (χ3v) is 3.12. The minimum Gasteiger partial charge on any atom is -0.359 e. The zero-order chi connectivity index (χ0) is 7.73. The monoisotopic (exact) mass is 155 g/mol. The normalized spacial score (nSPS) is 45.0. The molecule has 0 radical (unpaired) electrons. The van der Waals surface area contributed by atoms with Crippen LogP contribution in [-0.4, -0.2) is 18.9 Å². The average Bonchev–Trinajstić information content (AvgIpc) is 2.46. The van der Waals surface area contributed by atoms with E-state index in [2.05, 4.69) is 12.2 Å². The Bertz CT molecular complexity index is 140. The standard InChI is InChI=1S/C9H17NO/c1-8-4-2-3-5-9(8)10-6-7-11-9/h8,10H,2-7H2,1H3/t8-,9+/m0/s1. The molecule has 2 fully saturated rings. The van der Waals surface area contributed by atoms with Gasteiger partial charge in [-0.05, 0) is 25.2 Å². The Balaban J connectivity index is 2.07. The van der Waals surface area contributed by atoms with Gasteiger partial charge in [0.05, 0.1) is 6.61 Å². The van der Waals surface area contributed by atoms with Gasteiger partial charge in [0.2, 0.25) is 0 Å². The summed E-state index contributed by atoms with van der Waals surface area (Å²) < 4.78 is 5.78. The Morgan fingerprint density at radius 1 is 1.45 bits per heavy atom. The van der Waals surface area contributed by atoms with Crippen LogP contribution in [0.2, 0.25) is 0 Å². The second-order valence-corrected chi connectivity index (χ2v) is 3.81. The highest BCUT2D eigenvalue weighted by molar-refractivity contribution is 4.90. The molecule has 11 heavy (non-hydrogen) atoms. The van der Waals surface area contributed by atoms with E-state index in [1.54, 1.807) is 0 Å². The molecule has 1 saturated carbocycles. The number of hydrogen-bond donors (Lipinski definition) is 1. The number of nitrogens with one attached hydrogen (secondary N) is 1. The third-order valence-electron chi connectivity index (χ3n) is 3.12. The van der Waals surface area contributed by atoms with Crippen molar-refractivity contribution in [2.24, 2.45) is 5.92 Å². The molecule has 0 aromatic heterocycles. The predicted octanol–water partition coefficient (Wildman–Crippen LogP) is 1.51. The van der Waals surface area contributed by atoms with E-state index in [4.69, 9.17) is 4.74 Å². The van der Waals surface area contributed by atoms with E-state index in [1.165, 1.54) is 25.7 Å². The van der Waals surface area contributed by atoms with E-state index in [0.717, 1.165) is 13.2 Å². The van der Waals surface area contributed by atoms with Crippen LogP contribution >= 0.6 is 0 Å². The van der Waals surface area contributed by atoms with Crippen LogP contribution < -0.4 is 5.32 Å². The first-order valence-electron chi connectivity index (χ1n) is 4.72. The Kier molecular flexibility index (Phi) is 1.90. The van der Waals surface area contributed by atoms with Crippen molar-refractivity contribution in [1.82, 2.24) is 5.32 Å². The van der Waals surface area contributed by atoms with Gasteiger partial charge in [-0.15, -0.1) is 0 Å². The summed E-state index contributed by atoms with van der Waals surface area (Å²) >= 11 is 0. The summed E-state index contributed by atoms with van der Waals surface area (Å²) in [5, 5.41) is 3.50. The van der Waals surface area contributed by atoms with Crippen molar-refractivity contribution in [3.63, 3.8) is 0 Å². The maximum Gasteiger partial charge on any atom is 0.121 e. The second-order valence-electron chi connectivity index (χ2n) is 3.81. The van der Waals surface area contributed by atoms with Gasteiger partial charge < -0.3 is 4.74 Å². The highest BCUT2D eigenvalue weighted by Gasteiger charge is 2.41. The maximum absolute atomic E-state index is 5.78. The molecule has 2 atom stereocenters. The minimum atomic E-state index is 0.0816. The van der Waals surface area contributed by atoms with Crippen LogP contribution in [0.25, 0.3) is 0 Å². The molecule has 1 heterocycles. The molecule has 0 aromatic rings. The molecule has 1 saturated heterocycles. The summed E-state index contributed by atoms with van der Waals surface area (Å²) in [5.74, 6) is 0.707. The number of hydrogen-bond acceptors (Lipinski definition) is 2. The lowest BCUT2D eigenvalue weighted by molar-refractivity contribution is -0.0765. The van der Waals surface area contributed by atoms with Crippen molar-refractivity contribution < 1.29 is 4.74 Å². The topological polar surface area (TPSA) is 21.3 Å². The molecule has 1 N–H and O–H groups in total. The van der Waals surface area contributed by atoms with E-state index in [9.17, 15) is 0 Å². The zero-order valence-corrected chi connectivity index (χ0v) is 7.23. The Labute approximate surface area is 68.3 Å². The summed E-state index contributed by atoms with van der Waals surface area (Å²) in [5.41, 5.74) is 0.0816. The lowest BCUT2D eigenvalue weighted by Gasteiger charge is -2.38. The molecule has 2 rings (SSSR count). The summed E-state index contributed by atoms with van der Waals surface area (Å²) in [6, 6.07) is 0. The molecule has 0 aromatic carbocycles. The summed E-state index contributed by atoms with van der Waals surface area (Å²) in [6.07, 6.45) is 5.26. The second kappa shape index (κ2) is 2.76. The quantitative estimate of drug-likeness (QED) is 0.572. The molecular formula is C9H17NO. The molecule has 0 amide bonds. The predicted molar refractivity (Wildman–Crippen MR) is 44.3 cm³/mol. The maximum atomic E-state index is 5.78. The Hall–Kier alpha value is -0.0800. The first-order chi connectivity index (χ1) is 5.33. The Morgan fingerprint density at radius 2 is 2.36 bits per heavy atom. The van der Waals surface area contributed by atoms with Crippen LogP contribution in [0.5, 0.6) is 0 Å². The summed E-state index contributed by atoms with van der Waals surface area (Å²) in [6.45, 7) is 4.26. The van der Waals surface area contributed by atoms with Crippen molar-refractivity contribution in [3.8, 4) is 0 Å². The van der Waals surface area contributed by atoms with E-state index < -0.39 is 0 Å². The SMILES string of the molecule is C[C@H]1CCCC[C@]12NCCO2. The lowest BCUT2D eigenvalue weighted by Crippen LogP contribution is -2.48. The fourth-order valence-corrected chi connectivity index (χ4v) is 2.34. The molecule has 2 heteroatoms. The van der Waals surface area contributed by atoms with Crippen molar-refractivity contribution in [1.29, 1.82) is 0 Å². The van der Waals surface area contributed by atoms with Gasteiger partial charge in [-0.2, -0.15) is 0 Å². The minimum absolute atomic E-state index is 0.0816. The van der Waals surface area contributed by atoms with E-state index in [0.29, 0.717) is 5.92 Å². The molecule has 1 spiro atoms. The average molecular weight is 155 g/mol. The fourth-order valence-electron chi connectivity index (χ4n) is 2.34. The zero-order valence-electron chi connectivity index (χ0n) is 7.23. The van der Waals surface area contributed by atoms with Gasteiger partial charge in [-0.3, -0.25) is 5.32 Å². The Morgan fingerprint density at radius 3 is 3.00 bits per heavy atom. The molecule has 0 unspecified atom stereocenters. The van der Waals surface area contributed by atoms with Gasteiger partial charge in [0.15, 0.2) is 0 Å². The van der Waals surface area contributed by atoms with Gasteiger partial charge in [0.1, 0.15) is 5.72 Å². The lowest BCUT2D eigenvalue weighted by atomic mass is 9.82. The van der Waals surface area contributed by atoms with Crippen LogP contribution in [0.3, 0.4) is 0 Å². The first-order valence-corrected chi connectivity index (χ1v) is 4.72. The molecule has 1 aliphatic heterocycles. The fraction of sp³-hybridized carbons (Fsp3) is 1.00. The van der Waals surface area contributed by atoms with Crippen molar-refractivity contribution in [2.45, 2.75) is 38.3 Å². The van der Waals surface area contributed by atoms with Gasteiger partial charge in [0, 0.05) is 6.54 Å². The van der Waals surface area contributed by atoms with Crippen LogP contribution in [0, 0.1) is 5.92 Å². The molecule has 64 valence electrons. The van der Waals surface area contributed by atoms with Crippen LogP contribution in [0.1, 0.15) is 32.6 Å². The van der Waals surface area contributed by atoms with E-state index in [1.807, 2.05) is 0 Å². The molecule has 2 aliphatic rings. The summed E-state index contributed by atoms with van der Waals surface area (Å²) in [7, 11) is 0. The van der Waals surface area contributed by atoms with E-state index >= 15 is 0 Å². The smallest absolute Gasteiger partial charge is 0.121 e. The van der Waals surface area contributed by atoms with Gasteiger partial charge in [-0.1, -0.05) is 13.3 Å². The van der Waals surface area contributed by atoms with Crippen molar-refractivity contribution >= 4 is 0 Å². The van der Waals surface area contributed by atoms with Crippen molar-refractivity contribution in [2.75, 3.05) is 13.2 Å². The molecule has 2 nitrogen and oxygen atoms in total. The third kappa shape index (κ3) is 1.18. The molecular weight excluding hydrogens is 138 g/mol. The molecule has 0 bridgehead atoms. The summed E-state index contributed by atoms with van der Waals surface area (Å²) in [4.78, 5) is 0. The van der Waals surface area contributed by atoms with Gasteiger partial charge >= 0.3 is 0 Å². The van der Waals surface area contributed by atoms with Gasteiger partial charge in [-0.25, -0.2) is 0 Å². The number of rotatable bonds is 0. The highest BCUT2D eigenvalue weighted by Crippen LogP contribution is 2.36. The largest absolute Gasteiger partial charge is 0.359 e. The van der Waals surface area contributed by atoms with Crippen LogP contribution in [0.4, 0.5) is 0 Å². The molecule has 1 aliphatic carbocycles. The van der Waals surface area contributed by atoms with Crippen LogP contribution in [-0.2, 0) is 4.74 Å². The highest BCUT2D eigenvalue weighted by atomic mass is 16.5. The van der Waals surface area contributed by atoms with Gasteiger partial charge in [0.25, 0.3) is 0 Å². The van der Waals surface area contributed by atoms with Crippen molar-refractivity contribution in [3.05, 3.63) is 0 Å². The number of ether oxygens (including phenoxy) is 1. The van der Waals surface area contributed by atoms with E-state index in [-0.39, 0.29) is 5.72 Å². The van der Waals surface area contributed by atoms with Crippen LogP contribution in [0.15, 0.2) is 0 Å². The first kappa shape index (κ1) is 7.56.